The van der Waals surface area contributed by atoms with E-state index in [0.29, 0.717) is 4.31 Å². The number of carbonyl (C=O) groups is 1. The third-order valence-corrected chi connectivity index (χ3v) is 5.10. The molecule has 1 saturated heterocycles. The van der Waals surface area contributed by atoms with Crippen LogP contribution in [0.1, 0.15) is 5.56 Å². The van der Waals surface area contributed by atoms with Crippen LogP contribution >= 0.6 is 0 Å². The fraction of sp³-hybridized carbons (Fsp3) is 0.385. The van der Waals surface area contributed by atoms with E-state index < -0.39 is 28.1 Å². The molecule has 1 aromatic carbocycles. The average Bonchev–Trinajstić information content (AvgIpc) is 2.86. The van der Waals surface area contributed by atoms with E-state index in [1.165, 1.54) is 12.1 Å². The molecule has 0 saturated carbocycles. The maximum absolute atomic E-state index is 12.5. The lowest BCUT2D eigenvalue weighted by Crippen LogP contribution is -2.47. The minimum Gasteiger partial charge on any atom is -0.464 e. The molecule has 1 N–H and O–H groups in total. The van der Waals surface area contributed by atoms with Gasteiger partial charge in [-0.25, -0.2) is 13.2 Å². The zero-order chi connectivity index (χ0) is 15.6. The second-order valence-electron chi connectivity index (χ2n) is 4.74. The third kappa shape index (κ3) is 2.84. The Hall–Kier alpha value is -2.11. The molecule has 8 heteroatoms. The summed E-state index contributed by atoms with van der Waals surface area (Å²) in [6.45, 7) is 1.70. The van der Waals surface area contributed by atoms with Gasteiger partial charge in [0.05, 0.1) is 36.1 Å². The zero-order valence-electron chi connectivity index (χ0n) is 11.3. The van der Waals surface area contributed by atoms with Gasteiger partial charge in [-0.05, 0) is 19.1 Å². The van der Waals surface area contributed by atoms with Crippen molar-refractivity contribution in [2.24, 2.45) is 5.92 Å². The van der Waals surface area contributed by atoms with Crippen LogP contribution in [-0.4, -0.2) is 43.2 Å². The van der Waals surface area contributed by atoms with Crippen LogP contribution < -0.4 is 0 Å². The van der Waals surface area contributed by atoms with Crippen LogP contribution in [0.2, 0.25) is 0 Å². The number of carboxylic acid groups (broad SMARTS) is 1. The van der Waals surface area contributed by atoms with E-state index in [2.05, 4.69) is 0 Å². The Morgan fingerprint density at radius 2 is 2.00 bits per heavy atom. The first kappa shape index (κ1) is 15.3. The van der Waals surface area contributed by atoms with Gasteiger partial charge in [0.25, 0.3) is 10.0 Å². The van der Waals surface area contributed by atoms with Crippen LogP contribution in [0.5, 0.6) is 0 Å². The highest BCUT2D eigenvalue weighted by atomic mass is 32.2. The summed E-state index contributed by atoms with van der Waals surface area (Å²) in [5, 5.41) is 18.3. The summed E-state index contributed by atoms with van der Waals surface area (Å²) >= 11 is 0. The van der Waals surface area contributed by atoms with Crippen LogP contribution in [-0.2, 0) is 14.8 Å². The van der Waals surface area contributed by atoms with Gasteiger partial charge in [0.2, 0.25) is 0 Å². The van der Waals surface area contributed by atoms with Gasteiger partial charge >= 0.3 is 6.09 Å². The Kier molecular flexibility index (Phi) is 4.16. The number of rotatable bonds is 3. The smallest absolute Gasteiger partial charge is 0.421 e. The number of aryl methyl sites for hydroxylation is 1. The molecule has 0 aliphatic carbocycles. The molecule has 0 unspecified atom stereocenters. The highest BCUT2D eigenvalue weighted by Crippen LogP contribution is 2.26. The summed E-state index contributed by atoms with van der Waals surface area (Å²) < 4.78 is 30.4. The second-order valence-corrected chi connectivity index (χ2v) is 6.55. The summed E-state index contributed by atoms with van der Waals surface area (Å²) in [6.07, 6.45) is -1.62. The molecule has 2 atom stereocenters. The molecule has 0 spiro atoms. The molecule has 21 heavy (non-hydrogen) atoms. The number of sulfonamides is 1. The Morgan fingerprint density at radius 3 is 2.52 bits per heavy atom. The third-order valence-electron chi connectivity index (χ3n) is 3.28. The molecular formula is C13H14N2O5S. The summed E-state index contributed by atoms with van der Waals surface area (Å²) in [5.41, 5.74) is 0.856. The Labute approximate surface area is 122 Å². The predicted octanol–water partition coefficient (Wildman–Crippen LogP) is 1.20. The van der Waals surface area contributed by atoms with Gasteiger partial charge in [0.15, 0.2) is 0 Å². The molecule has 2 rings (SSSR count). The highest BCUT2D eigenvalue weighted by molar-refractivity contribution is 7.89. The van der Waals surface area contributed by atoms with Gasteiger partial charge in [-0.3, -0.25) is 0 Å². The van der Waals surface area contributed by atoms with Crippen molar-refractivity contribution < 1.29 is 23.1 Å². The fourth-order valence-electron chi connectivity index (χ4n) is 2.14. The molecule has 1 aliphatic heterocycles. The maximum atomic E-state index is 12.5. The first-order valence-electron chi connectivity index (χ1n) is 6.19. The predicted molar refractivity (Wildman–Crippen MR) is 71.9 cm³/mol. The van der Waals surface area contributed by atoms with Gasteiger partial charge in [0, 0.05) is 0 Å². The van der Waals surface area contributed by atoms with Gasteiger partial charge in [-0.15, -0.1) is 0 Å². The fourth-order valence-corrected chi connectivity index (χ4v) is 3.62. The van der Waals surface area contributed by atoms with Crippen molar-refractivity contribution in [1.29, 1.82) is 5.26 Å². The van der Waals surface area contributed by atoms with E-state index in [9.17, 15) is 18.3 Å². The topological polar surface area (TPSA) is 108 Å². The van der Waals surface area contributed by atoms with E-state index in [1.54, 1.807) is 19.1 Å². The highest BCUT2D eigenvalue weighted by Gasteiger charge is 2.43. The number of ether oxygens (including phenoxy) is 1. The van der Waals surface area contributed by atoms with Crippen molar-refractivity contribution in [3.8, 4) is 6.07 Å². The Morgan fingerprint density at radius 1 is 1.38 bits per heavy atom. The number of nitriles is 1. The van der Waals surface area contributed by atoms with E-state index in [4.69, 9.17) is 10.00 Å². The summed E-state index contributed by atoms with van der Waals surface area (Å²) in [4.78, 5) is 11.3. The summed E-state index contributed by atoms with van der Waals surface area (Å²) in [7, 11) is -4.24. The molecule has 1 aliphatic rings. The molecule has 1 amide bonds. The van der Waals surface area contributed by atoms with E-state index in [0.717, 1.165) is 5.56 Å². The van der Waals surface area contributed by atoms with Crippen molar-refractivity contribution in [2.75, 3.05) is 13.2 Å². The van der Waals surface area contributed by atoms with Gasteiger partial charge < -0.3 is 9.84 Å². The molecule has 0 radical (unpaired) electrons. The van der Waals surface area contributed by atoms with Crippen molar-refractivity contribution in [3.63, 3.8) is 0 Å². The molecule has 0 aromatic heterocycles. The Balaban J connectivity index is 2.45. The van der Waals surface area contributed by atoms with E-state index in [-0.39, 0.29) is 18.1 Å². The van der Waals surface area contributed by atoms with Crippen molar-refractivity contribution in [1.82, 2.24) is 4.31 Å². The number of nitrogens with zero attached hydrogens (tertiary/aromatic N) is 2. The standard InChI is InChI=1S/C13H14N2O5S/c1-9-2-4-11(5-3-9)21(18,19)15(13(16)17)12-8-20-7-10(12)6-14/h2-5,10,12H,7-8H2,1H3,(H,16,17)/t10-,12-/m1/s1. The summed E-state index contributed by atoms with van der Waals surface area (Å²) in [5.74, 6) is -0.804. The van der Waals surface area contributed by atoms with Gasteiger partial charge in [-0.2, -0.15) is 9.57 Å². The minimum absolute atomic E-state index is 0.0222. The van der Waals surface area contributed by atoms with Gasteiger partial charge in [-0.1, -0.05) is 17.7 Å². The van der Waals surface area contributed by atoms with E-state index >= 15 is 0 Å². The zero-order valence-corrected chi connectivity index (χ0v) is 12.1. The van der Waals surface area contributed by atoms with Gasteiger partial charge in [0.1, 0.15) is 0 Å². The largest absolute Gasteiger partial charge is 0.464 e. The quantitative estimate of drug-likeness (QED) is 0.898. The van der Waals surface area contributed by atoms with Crippen molar-refractivity contribution in [2.45, 2.75) is 17.9 Å². The summed E-state index contributed by atoms with van der Waals surface area (Å²) in [6, 6.07) is 6.72. The lowest BCUT2D eigenvalue weighted by atomic mass is 10.1. The normalized spacial score (nSPS) is 21.7. The number of hydrogen-bond acceptors (Lipinski definition) is 5. The Bertz CT molecular complexity index is 678. The van der Waals surface area contributed by atoms with E-state index in [1.807, 2.05) is 6.07 Å². The van der Waals surface area contributed by atoms with Crippen molar-refractivity contribution in [3.05, 3.63) is 29.8 Å². The monoisotopic (exact) mass is 310 g/mol. The first-order valence-corrected chi connectivity index (χ1v) is 7.63. The SMILES string of the molecule is Cc1ccc(S(=O)(=O)N(C(=O)O)[C@@H]2COC[C@H]2C#N)cc1. The number of benzene rings is 1. The second kappa shape index (κ2) is 5.71. The first-order chi connectivity index (χ1) is 9.87. The van der Waals surface area contributed by atoms with Crippen LogP contribution in [0, 0.1) is 24.2 Å². The molecule has 0 bridgehead atoms. The minimum atomic E-state index is -4.24. The maximum Gasteiger partial charge on any atom is 0.421 e. The lowest BCUT2D eigenvalue weighted by molar-refractivity contribution is 0.146. The molecular weight excluding hydrogens is 296 g/mol. The lowest BCUT2D eigenvalue weighted by Gasteiger charge is -2.26. The van der Waals surface area contributed by atoms with Crippen LogP contribution in [0.25, 0.3) is 0 Å². The van der Waals surface area contributed by atoms with Crippen LogP contribution in [0.3, 0.4) is 0 Å². The van der Waals surface area contributed by atoms with Crippen LogP contribution in [0.4, 0.5) is 4.79 Å². The molecule has 7 nitrogen and oxygen atoms in total. The number of amides is 1. The molecule has 1 heterocycles. The number of hydrogen-bond donors (Lipinski definition) is 1. The molecule has 1 fully saturated rings. The molecule has 112 valence electrons. The average molecular weight is 310 g/mol. The van der Waals surface area contributed by atoms with Crippen LogP contribution in [0.15, 0.2) is 29.2 Å². The molecule has 1 aromatic rings. The van der Waals surface area contributed by atoms with Crippen molar-refractivity contribution >= 4 is 16.1 Å².